The number of piperazine rings is 1. The van der Waals surface area contributed by atoms with Gasteiger partial charge in [0.2, 0.25) is 5.91 Å². The molecule has 1 amide bonds. The molecule has 7 heteroatoms. The van der Waals surface area contributed by atoms with E-state index in [-0.39, 0.29) is 11.7 Å². The highest BCUT2D eigenvalue weighted by atomic mass is 35.5. The molecule has 0 spiro atoms. The number of nitrogens with zero attached hydrogens (tertiary/aromatic N) is 2. The van der Waals surface area contributed by atoms with Crippen molar-refractivity contribution in [2.24, 2.45) is 5.73 Å². The van der Waals surface area contributed by atoms with Crippen LogP contribution in [0.2, 0.25) is 5.02 Å². The van der Waals surface area contributed by atoms with Crippen LogP contribution >= 0.6 is 11.6 Å². The average molecular weight is 342 g/mol. The Labute approximate surface area is 140 Å². The van der Waals surface area contributed by atoms with E-state index in [4.69, 9.17) is 22.1 Å². The van der Waals surface area contributed by atoms with Crippen LogP contribution in [0.25, 0.3) is 0 Å². The van der Waals surface area contributed by atoms with Gasteiger partial charge in [0.15, 0.2) is 0 Å². The third kappa shape index (κ3) is 3.35. The van der Waals surface area contributed by atoms with Gasteiger partial charge in [0.1, 0.15) is 11.4 Å². The molecule has 0 saturated carbocycles. The van der Waals surface area contributed by atoms with Crippen molar-refractivity contribution in [3.05, 3.63) is 34.6 Å². The standard InChI is InChI=1S/C16H21ClFN3O2/c17-14-9-13(18)2-1-12(14)10-20-4-6-21(7-5-20)16(15(19)22)3-8-23-11-16/h1-2,9H,3-8,10-11H2,(H2,19,22). The molecule has 2 aliphatic rings. The number of carbonyl (C=O) groups excluding carboxylic acids is 1. The van der Waals surface area contributed by atoms with E-state index >= 15 is 0 Å². The van der Waals surface area contributed by atoms with Crippen LogP contribution in [0.1, 0.15) is 12.0 Å². The fourth-order valence-electron chi connectivity index (χ4n) is 3.38. The van der Waals surface area contributed by atoms with Crippen molar-refractivity contribution in [1.82, 2.24) is 9.80 Å². The first kappa shape index (κ1) is 16.6. The molecule has 0 aromatic heterocycles. The number of halogens is 2. The summed E-state index contributed by atoms with van der Waals surface area (Å²) in [5.74, 6) is -0.627. The molecule has 3 rings (SSSR count). The number of amides is 1. The summed E-state index contributed by atoms with van der Waals surface area (Å²) in [6.07, 6.45) is 0.659. The summed E-state index contributed by atoms with van der Waals surface area (Å²) in [6, 6.07) is 4.49. The minimum Gasteiger partial charge on any atom is -0.379 e. The van der Waals surface area contributed by atoms with E-state index in [1.807, 2.05) is 0 Å². The van der Waals surface area contributed by atoms with Crippen LogP contribution in [0.5, 0.6) is 0 Å². The Morgan fingerprint density at radius 3 is 2.65 bits per heavy atom. The quantitative estimate of drug-likeness (QED) is 0.895. The number of hydrogen-bond acceptors (Lipinski definition) is 4. The molecule has 1 unspecified atom stereocenters. The first-order valence-corrected chi connectivity index (χ1v) is 8.18. The highest BCUT2D eigenvalue weighted by Crippen LogP contribution is 2.28. The second-order valence-electron chi connectivity index (χ2n) is 6.20. The van der Waals surface area contributed by atoms with Gasteiger partial charge in [0.25, 0.3) is 0 Å². The number of ether oxygens (including phenoxy) is 1. The normalized spacial score (nSPS) is 26.5. The minimum absolute atomic E-state index is 0.301. The van der Waals surface area contributed by atoms with Crippen molar-refractivity contribution in [2.45, 2.75) is 18.5 Å². The van der Waals surface area contributed by atoms with Gasteiger partial charge in [-0.2, -0.15) is 0 Å². The van der Waals surface area contributed by atoms with E-state index < -0.39 is 5.54 Å². The van der Waals surface area contributed by atoms with Gasteiger partial charge in [-0.3, -0.25) is 14.6 Å². The van der Waals surface area contributed by atoms with Gasteiger partial charge in [-0.15, -0.1) is 0 Å². The SMILES string of the molecule is NC(=O)C1(N2CCN(Cc3ccc(F)cc3Cl)CC2)CCOC1. The van der Waals surface area contributed by atoms with Gasteiger partial charge in [-0.25, -0.2) is 4.39 Å². The predicted molar refractivity (Wildman–Crippen MR) is 85.6 cm³/mol. The van der Waals surface area contributed by atoms with Crippen LogP contribution in [-0.2, 0) is 16.1 Å². The van der Waals surface area contributed by atoms with Crippen molar-refractivity contribution in [1.29, 1.82) is 0 Å². The van der Waals surface area contributed by atoms with Gasteiger partial charge in [-0.1, -0.05) is 17.7 Å². The largest absolute Gasteiger partial charge is 0.379 e. The maximum Gasteiger partial charge on any atom is 0.240 e. The summed E-state index contributed by atoms with van der Waals surface area (Å²) in [5.41, 5.74) is 5.89. The van der Waals surface area contributed by atoms with Crippen LogP contribution in [0.15, 0.2) is 18.2 Å². The van der Waals surface area contributed by atoms with E-state index in [0.717, 1.165) is 31.7 Å². The summed E-state index contributed by atoms with van der Waals surface area (Å²) in [7, 11) is 0. The van der Waals surface area contributed by atoms with E-state index in [2.05, 4.69) is 9.80 Å². The maximum atomic E-state index is 13.1. The summed E-state index contributed by atoms with van der Waals surface area (Å²) in [5, 5.41) is 0.449. The molecule has 2 N–H and O–H groups in total. The van der Waals surface area contributed by atoms with Crippen LogP contribution in [0.4, 0.5) is 4.39 Å². The highest BCUT2D eigenvalue weighted by molar-refractivity contribution is 6.31. The van der Waals surface area contributed by atoms with Gasteiger partial charge < -0.3 is 10.5 Å². The average Bonchev–Trinajstić information content (AvgIpc) is 3.02. The van der Waals surface area contributed by atoms with Crippen LogP contribution in [0.3, 0.4) is 0 Å². The number of rotatable bonds is 4. The van der Waals surface area contributed by atoms with Crippen molar-refractivity contribution >= 4 is 17.5 Å². The fourth-order valence-corrected chi connectivity index (χ4v) is 3.61. The zero-order valence-electron chi connectivity index (χ0n) is 12.9. The zero-order chi connectivity index (χ0) is 16.4. The fraction of sp³-hybridized carbons (Fsp3) is 0.562. The first-order valence-electron chi connectivity index (χ1n) is 7.80. The second kappa shape index (κ2) is 6.73. The molecule has 0 aliphatic carbocycles. The van der Waals surface area contributed by atoms with Crippen molar-refractivity contribution < 1.29 is 13.9 Å². The molecule has 126 valence electrons. The maximum absolute atomic E-state index is 13.1. The molecule has 1 atom stereocenters. The summed E-state index contributed by atoms with van der Waals surface area (Å²) < 4.78 is 18.5. The number of primary amides is 1. The lowest BCUT2D eigenvalue weighted by Crippen LogP contribution is -2.63. The topological polar surface area (TPSA) is 58.8 Å². The summed E-state index contributed by atoms with van der Waals surface area (Å²) in [4.78, 5) is 16.3. The number of nitrogens with two attached hydrogens (primary N) is 1. The van der Waals surface area contributed by atoms with Gasteiger partial charge in [-0.05, 0) is 17.7 Å². The van der Waals surface area contributed by atoms with Crippen molar-refractivity contribution in [3.8, 4) is 0 Å². The molecule has 0 bridgehead atoms. The number of benzene rings is 1. The van der Waals surface area contributed by atoms with Gasteiger partial charge in [0, 0.05) is 50.8 Å². The lowest BCUT2D eigenvalue weighted by atomic mass is 9.94. The second-order valence-corrected chi connectivity index (χ2v) is 6.60. The summed E-state index contributed by atoms with van der Waals surface area (Å²) in [6.45, 7) is 4.76. The molecule has 2 fully saturated rings. The Hall–Kier alpha value is -1.21. The van der Waals surface area contributed by atoms with Crippen LogP contribution in [0, 0.1) is 5.82 Å². The van der Waals surface area contributed by atoms with Crippen LogP contribution in [-0.4, -0.2) is 60.6 Å². The Balaban J connectivity index is 1.61. The Bertz CT molecular complexity index is 585. The van der Waals surface area contributed by atoms with Gasteiger partial charge >= 0.3 is 0 Å². The van der Waals surface area contributed by atoms with E-state index in [1.54, 1.807) is 6.07 Å². The third-order valence-corrected chi connectivity index (χ3v) is 5.20. The first-order chi connectivity index (χ1) is 11.0. The molecule has 2 saturated heterocycles. The number of hydrogen-bond donors (Lipinski definition) is 1. The Morgan fingerprint density at radius 1 is 1.35 bits per heavy atom. The molecule has 2 aliphatic heterocycles. The highest BCUT2D eigenvalue weighted by Gasteiger charge is 2.46. The molecule has 2 heterocycles. The molecule has 0 radical (unpaired) electrons. The zero-order valence-corrected chi connectivity index (χ0v) is 13.7. The molecular formula is C16H21ClFN3O2. The third-order valence-electron chi connectivity index (χ3n) is 4.85. The lowest BCUT2D eigenvalue weighted by molar-refractivity contribution is -0.132. The number of carbonyl (C=O) groups is 1. The predicted octanol–water partition coefficient (Wildman–Crippen LogP) is 1.24. The van der Waals surface area contributed by atoms with Crippen molar-refractivity contribution in [3.63, 3.8) is 0 Å². The molecule has 1 aromatic rings. The molecule has 1 aromatic carbocycles. The Morgan fingerprint density at radius 2 is 2.09 bits per heavy atom. The Kier molecular flexibility index (Phi) is 4.87. The van der Waals surface area contributed by atoms with Crippen molar-refractivity contribution in [2.75, 3.05) is 39.4 Å². The van der Waals surface area contributed by atoms with E-state index in [1.165, 1.54) is 12.1 Å². The molecule has 23 heavy (non-hydrogen) atoms. The van der Waals surface area contributed by atoms with Gasteiger partial charge in [0.05, 0.1) is 6.61 Å². The van der Waals surface area contributed by atoms with E-state index in [0.29, 0.717) is 31.2 Å². The monoisotopic (exact) mass is 341 g/mol. The molecular weight excluding hydrogens is 321 g/mol. The smallest absolute Gasteiger partial charge is 0.240 e. The lowest BCUT2D eigenvalue weighted by Gasteiger charge is -2.43. The minimum atomic E-state index is -0.653. The summed E-state index contributed by atoms with van der Waals surface area (Å²) >= 11 is 6.09. The van der Waals surface area contributed by atoms with E-state index in [9.17, 15) is 9.18 Å². The van der Waals surface area contributed by atoms with Crippen LogP contribution < -0.4 is 5.73 Å². The molecule has 5 nitrogen and oxygen atoms in total.